The van der Waals surface area contributed by atoms with Gasteiger partial charge in [-0.05, 0) is 12.8 Å². The number of carbonyl (C=O) groups excluding carboxylic acids is 1. The number of urea groups is 1. The van der Waals surface area contributed by atoms with E-state index in [9.17, 15) is 4.79 Å². The summed E-state index contributed by atoms with van der Waals surface area (Å²) < 4.78 is 0. The minimum atomic E-state index is -0.157. The monoisotopic (exact) mass is 273 g/mol. The van der Waals surface area contributed by atoms with Crippen LogP contribution in [0.15, 0.2) is 4.99 Å². The molecule has 1 heterocycles. The molecule has 0 bridgehead atoms. The van der Waals surface area contributed by atoms with E-state index in [0.29, 0.717) is 18.4 Å². The summed E-state index contributed by atoms with van der Waals surface area (Å²) in [6.07, 6.45) is 5.96. The molecule has 5 heteroatoms. The van der Waals surface area contributed by atoms with Gasteiger partial charge in [-0.25, -0.2) is 4.79 Å². The fourth-order valence-electron chi connectivity index (χ4n) is 2.29. The van der Waals surface area contributed by atoms with Crippen LogP contribution in [0.3, 0.4) is 0 Å². The van der Waals surface area contributed by atoms with E-state index < -0.39 is 0 Å². The van der Waals surface area contributed by atoms with Crippen molar-refractivity contribution in [3.05, 3.63) is 0 Å². The third-order valence-electron chi connectivity index (χ3n) is 3.16. The van der Waals surface area contributed by atoms with Crippen LogP contribution in [0.2, 0.25) is 0 Å². The Morgan fingerprint density at radius 3 is 2.67 bits per heavy atom. The van der Waals surface area contributed by atoms with E-state index in [-0.39, 0.29) is 10.9 Å². The molecular formula is C10H16BrN3O. The Bertz CT molecular complexity index is 286. The number of rotatable bonds is 1. The Labute approximate surface area is 98.0 Å². The summed E-state index contributed by atoms with van der Waals surface area (Å²) in [6, 6.07) is 0.221. The van der Waals surface area contributed by atoms with Gasteiger partial charge < -0.3 is 10.6 Å². The molecule has 0 aromatic rings. The first kappa shape index (κ1) is 10.9. The molecule has 84 valence electrons. The Morgan fingerprint density at radius 2 is 2.00 bits per heavy atom. The van der Waals surface area contributed by atoms with Gasteiger partial charge in [0.15, 0.2) is 0 Å². The molecule has 2 aliphatic rings. The topological polar surface area (TPSA) is 58.7 Å². The number of aliphatic imine (C=N–C) groups is 1. The lowest BCUT2D eigenvalue weighted by atomic mass is 9.94. The normalized spacial score (nSPS) is 29.1. The Kier molecular flexibility index (Phi) is 3.29. The summed E-state index contributed by atoms with van der Waals surface area (Å²) in [6.45, 7) is 0.666. The van der Waals surface area contributed by atoms with Gasteiger partial charge >= 0.3 is 6.03 Å². The van der Waals surface area contributed by atoms with Crippen LogP contribution in [0, 0.1) is 0 Å². The highest BCUT2D eigenvalue weighted by atomic mass is 79.9. The summed E-state index contributed by atoms with van der Waals surface area (Å²) in [5, 5.41) is 0. The van der Waals surface area contributed by atoms with Gasteiger partial charge in [0.1, 0.15) is 5.84 Å². The molecule has 0 spiro atoms. The van der Waals surface area contributed by atoms with Crippen LogP contribution in [-0.2, 0) is 0 Å². The standard InChI is InChI=1S/C10H16BrN3O/c11-8-6-14(10(15)13-9(8)12)7-4-2-1-3-5-7/h7-8H,1-6H2,(H2,12,13,15). The number of nitrogens with two attached hydrogens (primary N) is 1. The van der Waals surface area contributed by atoms with Crippen molar-refractivity contribution >= 4 is 27.8 Å². The Morgan fingerprint density at radius 1 is 1.33 bits per heavy atom. The second-order valence-corrected chi connectivity index (χ2v) is 5.34. The Hall–Kier alpha value is -0.580. The van der Waals surface area contributed by atoms with Crippen molar-refractivity contribution in [2.24, 2.45) is 10.7 Å². The zero-order chi connectivity index (χ0) is 10.8. The quantitative estimate of drug-likeness (QED) is 0.742. The first-order valence-corrected chi connectivity index (χ1v) is 6.39. The van der Waals surface area contributed by atoms with Gasteiger partial charge in [0.25, 0.3) is 0 Å². The predicted molar refractivity (Wildman–Crippen MR) is 63.3 cm³/mol. The maximum Gasteiger partial charge on any atom is 0.345 e. The van der Waals surface area contributed by atoms with Crippen LogP contribution in [0.4, 0.5) is 4.79 Å². The van der Waals surface area contributed by atoms with Crippen LogP contribution >= 0.6 is 15.9 Å². The molecule has 0 aromatic carbocycles. The number of hydrogen-bond acceptors (Lipinski definition) is 2. The number of carbonyl (C=O) groups is 1. The van der Waals surface area contributed by atoms with Gasteiger partial charge in [-0.1, -0.05) is 35.2 Å². The van der Waals surface area contributed by atoms with Crippen LogP contribution in [-0.4, -0.2) is 34.2 Å². The molecule has 0 saturated heterocycles. The zero-order valence-corrected chi connectivity index (χ0v) is 10.2. The molecule has 15 heavy (non-hydrogen) atoms. The SMILES string of the molecule is NC1=NC(=O)N(C2CCCCC2)CC1Br. The van der Waals surface area contributed by atoms with Crippen molar-refractivity contribution in [2.45, 2.75) is 43.0 Å². The van der Waals surface area contributed by atoms with Crippen LogP contribution in [0.25, 0.3) is 0 Å². The van der Waals surface area contributed by atoms with E-state index in [1.165, 1.54) is 19.3 Å². The number of halogens is 1. The van der Waals surface area contributed by atoms with Gasteiger partial charge in [0.2, 0.25) is 0 Å². The van der Waals surface area contributed by atoms with Crippen molar-refractivity contribution in [3.8, 4) is 0 Å². The maximum atomic E-state index is 11.7. The van der Waals surface area contributed by atoms with Crippen molar-refractivity contribution in [1.29, 1.82) is 0 Å². The molecule has 2 N–H and O–H groups in total. The summed E-state index contributed by atoms with van der Waals surface area (Å²) in [4.78, 5) is 17.4. The van der Waals surface area contributed by atoms with E-state index in [1.54, 1.807) is 0 Å². The lowest BCUT2D eigenvalue weighted by Crippen LogP contribution is -2.50. The number of amides is 2. The number of nitrogens with zero attached hydrogens (tertiary/aromatic N) is 2. The van der Waals surface area contributed by atoms with Crippen LogP contribution in [0.5, 0.6) is 0 Å². The first-order chi connectivity index (χ1) is 7.18. The number of hydrogen-bond donors (Lipinski definition) is 1. The van der Waals surface area contributed by atoms with E-state index in [4.69, 9.17) is 5.73 Å². The molecule has 2 amide bonds. The average Bonchev–Trinajstić information content (AvgIpc) is 2.25. The van der Waals surface area contributed by atoms with Crippen LogP contribution < -0.4 is 5.73 Å². The van der Waals surface area contributed by atoms with E-state index in [0.717, 1.165) is 12.8 Å². The third kappa shape index (κ3) is 2.33. The van der Waals surface area contributed by atoms with Crippen molar-refractivity contribution in [1.82, 2.24) is 4.90 Å². The molecule has 1 saturated carbocycles. The number of amidine groups is 1. The van der Waals surface area contributed by atoms with Crippen molar-refractivity contribution in [3.63, 3.8) is 0 Å². The highest BCUT2D eigenvalue weighted by molar-refractivity contribution is 9.10. The minimum Gasteiger partial charge on any atom is -0.386 e. The van der Waals surface area contributed by atoms with Crippen molar-refractivity contribution in [2.75, 3.05) is 6.54 Å². The van der Waals surface area contributed by atoms with Gasteiger partial charge in [0.05, 0.1) is 4.83 Å². The minimum absolute atomic E-state index is 0.0251. The first-order valence-electron chi connectivity index (χ1n) is 5.47. The van der Waals surface area contributed by atoms with Gasteiger partial charge in [-0.15, -0.1) is 0 Å². The molecule has 1 aliphatic carbocycles. The van der Waals surface area contributed by atoms with E-state index in [2.05, 4.69) is 20.9 Å². The summed E-state index contributed by atoms with van der Waals surface area (Å²) in [5.41, 5.74) is 5.62. The molecule has 0 aromatic heterocycles. The number of alkyl halides is 1. The highest BCUT2D eigenvalue weighted by Gasteiger charge is 2.31. The molecule has 0 radical (unpaired) electrons. The van der Waals surface area contributed by atoms with E-state index >= 15 is 0 Å². The highest BCUT2D eigenvalue weighted by Crippen LogP contribution is 2.25. The second-order valence-electron chi connectivity index (χ2n) is 4.23. The average molecular weight is 274 g/mol. The van der Waals surface area contributed by atoms with Crippen LogP contribution in [0.1, 0.15) is 32.1 Å². The lowest BCUT2D eigenvalue weighted by Gasteiger charge is -2.36. The maximum absolute atomic E-state index is 11.7. The molecule has 1 fully saturated rings. The molecule has 2 rings (SSSR count). The lowest BCUT2D eigenvalue weighted by molar-refractivity contribution is 0.164. The summed E-state index contributed by atoms with van der Waals surface area (Å²) in [7, 11) is 0. The molecular weight excluding hydrogens is 258 g/mol. The fourth-order valence-corrected chi connectivity index (χ4v) is 2.70. The van der Waals surface area contributed by atoms with Gasteiger partial charge in [0, 0.05) is 12.6 Å². The molecule has 1 unspecified atom stereocenters. The zero-order valence-electron chi connectivity index (χ0n) is 8.66. The van der Waals surface area contributed by atoms with E-state index in [1.807, 2.05) is 4.90 Å². The second kappa shape index (κ2) is 4.51. The fraction of sp³-hybridized carbons (Fsp3) is 0.800. The predicted octanol–water partition coefficient (Wildman–Crippen LogP) is 1.88. The van der Waals surface area contributed by atoms with Gasteiger partial charge in [-0.3, -0.25) is 0 Å². The smallest absolute Gasteiger partial charge is 0.345 e. The third-order valence-corrected chi connectivity index (χ3v) is 3.92. The van der Waals surface area contributed by atoms with Gasteiger partial charge in [-0.2, -0.15) is 4.99 Å². The Balaban J connectivity index is 2.06. The molecule has 4 nitrogen and oxygen atoms in total. The largest absolute Gasteiger partial charge is 0.386 e. The molecule has 1 atom stereocenters. The van der Waals surface area contributed by atoms with Crippen molar-refractivity contribution < 1.29 is 4.79 Å². The summed E-state index contributed by atoms with van der Waals surface area (Å²) in [5.74, 6) is 0.409. The molecule has 1 aliphatic heterocycles. The summed E-state index contributed by atoms with van der Waals surface area (Å²) >= 11 is 3.44.